The van der Waals surface area contributed by atoms with Gasteiger partial charge >= 0.3 is 5.97 Å². The third-order valence-corrected chi connectivity index (χ3v) is 3.40. The summed E-state index contributed by atoms with van der Waals surface area (Å²) in [5.41, 5.74) is -0.0316. The van der Waals surface area contributed by atoms with E-state index in [-0.39, 0.29) is 11.7 Å². The van der Waals surface area contributed by atoms with Crippen molar-refractivity contribution < 1.29 is 13.9 Å². The second-order valence-electron chi connectivity index (χ2n) is 5.30. The van der Waals surface area contributed by atoms with Gasteiger partial charge < -0.3 is 4.74 Å². The van der Waals surface area contributed by atoms with Crippen molar-refractivity contribution >= 4 is 5.97 Å². The first kappa shape index (κ1) is 13.0. The zero-order valence-corrected chi connectivity index (χ0v) is 10.7. The van der Waals surface area contributed by atoms with E-state index in [1.165, 1.54) is 12.3 Å². The second-order valence-corrected chi connectivity index (χ2v) is 5.30. The Morgan fingerprint density at radius 1 is 1.33 bits per heavy atom. The molecule has 98 valence electrons. The summed E-state index contributed by atoms with van der Waals surface area (Å²) in [6.07, 6.45) is 5.22. The summed E-state index contributed by atoms with van der Waals surface area (Å²) >= 11 is 0. The average molecular weight is 251 g/mol. The molecule has 18 heavy (non-hydrogen) atoms. The topological polar surface area (TPSA) is 39.2 Å². The average Bonchev–Trinajstić information content (AvgIpc) is 2.27. The number of hydrogen-bond donors (Lipinski definition) is 0. The maximum absolute atomic E-state index is 13.4. The summed E-state index contributed by atoms with van der Waals surface area (Å²) in [6.45, 7) is 4.31. The van der Waals surface area contributed by atoms with Crippen molar-refractivity contribution in [2.45, 2.75) is 39.2 Å². The number of pyridine rings is 1. The van der Waals surface area contributed by atoms with E-state index in [4.69, 9.17) is 4.74 Å². The summed E-state index contributed by atoms with van der Waals surface area (Å²) in [5.74, 6) is -0.108. The molecule has 1 fully saturated rings. The van der Waals surface area contributed by atoms with Gasteiger partial charge in [-0.25, -0.2) is 9.18 Å². The van der Waals surface area contributed by atoms with E-state index >= 15 is 0 Å². The van der Waals surface area contributed by atoms with Gasteiger partial charge in [0, 0.05) is 6.20 Å². The zero-order valence-electron chi connectivity index (χ0n) is 10.7. The minimum atomic E-state index is -0.626. The number of hydrogen-bond acceptors (Lipinski definition) is 3. The fourth-order valence-electron chi connectivity index (χ4n) is 2.72. The van der Waals surface area contributed by atoms with Crippen molar-refractivity contribution in [1.29, 1.82) is 0 Å². The van der Waals surface area contributed by atoms with Gasteiger partial charge in [-0.3, -0.25) is 4.98 Å². The Balaban J connectivity index is 2.01. The van der Waals surface area contributed by atoms with Gasteiger partial charge in [-0.05, 0) is 37.2 Å². The molecule has 0 aromatic carbocycles. The molecule has 1 aliphatic carbocycles. The Kier molecular flexibility index (Phi) is 3.94. The first-order chi connectivity index (χ1) is 8.56. The number of esters is 1. The van der Waals surface area contributed by atoms with Crippen LogP contribution in [0.25, 0.3) is 0 Å². The lowest BCUT2D eigenvalue weighted by Gasteiger charge is -2.31. The SMILES string of the molecule is CC1CC(C)CC(OC(=O)c2ccncc2F)C1. The summed E-state index contributed by atoms with van der Waals surface area (Å²) < 4.78 is 18.8. The highest BCUT2D eigenvalue weighted by Crippen LogP contribution is 2.30. The van der Waals surface area contributed by atoms with Crippen molar-refractivity contribution in [3.8, 4) is 0 Å². The molecule has 4 heteroatoms. The molecule has 0 amide bonds. The minimum absolute atomic E-state index is 0.0316. The summed E-state index contributed by atoms with van der Waals surface area (Å²) in [6, 6.07) is 1.35. The maximum Gasteiger partial charge on any atom is 0.341 e. The lowest BCUT2D eigenvalue weighted by atomic mass is 9.82. The van der Waals surface area contributed by atoms with Crippen LogP contribution in [-0.2, 0) is 4.74 Å². The third kappa shape index (κ3) is 3.06. The number of rotatable bonds is 2. The lowest BCUT2D eigenvalue weighted by molar-refractivity contribution is 0.00760. The fraction of sp³-hybridized carbons (Fsp3) is 0.571. The van der Waals surface area contributed by atoms with Crippen LogP contribution in [0.5, 0.6) is 0 Å². The van der Waals surface area contributed by atoms with Gasteiger partial charge in [-0.1, -0.05) is 13.8 Å². The highest BCUT2D eigenvalue weighted by molar-refractivity contribution is 5.89. The Hall–Kier alpha value is -1.45. The van der Waals surface area contributed by atoms with Gasteiger partial charge in [0.25, 0.3) is 0 Å². The second kappa shape index (κ2) is 5.46. The normalized spacial score (nSPS) is 27.8. The molecule has 1 aliphatic rings. The molecule has 1 aromatic heterocycles. The molecule has 0 N–H and O–H groups in total. The first-order valence-corrected chi connectivity index (χ1v) is 6.36. The number of aromatic nitrogens is 1. The van der Waals surface area contributed by atoms with Crippen LogP contribution in [-0.4, -0.2) is 17.1 Å². The summed E-state index contributed by atoms with van der Waals surface area (Å²) in [5, 5.41) is 0. The Morgan fingerprint density at radius 3 is 2.61 bits per heavy atom. The van der Waals surface area contributed by atoms with E-state index in [9.17, 15) is 9.18 Å². The molecule has 0 aliphatic heterocycles. The standard InChI is InChI=1S/C14H18FNO2/c1-9-5-10(2)7-11(6-9)18-14(17)12-3-4-16-8-13(12)15/h3-4,8-11H,5-7H2,1-2H3. The molecule has 2 unspecified atom stereocenters. The van der Waals surface area contributed by atoms with E-state index in [0.717, 1.165) is 25.5 Å². The fourth-order valence-corrected chi connectivity index (χ4v) is 2.72. The molecule has 2 atom stereocenters. The Morgan fingerprint density at radius 2 is 2.00 bits per heavy atom. The van der Waals surface area contributed by atoms with Crippen LogP contribution < -0.4 is 0 Å². The zero-order chi connectivity index (χ0) is 13.1. The molecule has 1 saturated carbocycles. The molecule has 1 heterocycles. The quantitative estimate of drug-likeness (QED) is 0.758. The third-order valence-electron chi connectivity index (χ3n) is 3.40. The van der Waals surface area contributed by atoms with Crippen LogP contribution in [0.3, 0.4) is 0 Å². The van der Waals surface area contributed by atoms with Crippen molar-refractivity contribution in [2.75, 3.05) is 0 Å². The molecular weight excluding hydrogens is 233 g/mol. The number of carbonyl (C=O) groups is 1. The van der Waals surface area contributed by atoms with Gasteiger partial charge in [0.05, 0.1) is 11.8 Å². The monoisotopic (exact) mass is 251 g/mol. The summed E-state index contributed by atoms with van der Waals surface area (Å²) in [7, 11) is 0. The van der Waals surface area contributed by atoms with Crippen molar-refractivity contribution in [1.82, 2.24) is 4.98 Å². The van der Waals surface area contributed by atoms with E-state index in [2.05, 4.69) is 18.8 Å². The Labute approximate surface area is 106 Å². The predicted octanol–water partition coefficient (Wildman–Crippen LogP) is 3.20. The van der Waals surface area contributed by atoms with E-state index < -0.39 is 11.8 Å². The molecule has 0 saturated heterocycles. The smallest absolute Gasteiger partial charge is 0.341 e. The molecule has 0 spiro atoms. The van der Waals surface area contributed by atoms with Crippen LogP contribution in [0.4, 0.5) is 4.39 Å². The maximum atomic E-state index is 13.4. The predicted molar refractivity (Wildman–Crippen MR) is 65.6 cm³/mol. The molecule has 2 rings (SSSR count). The first-order valence-electron chi connectivity index (χ1n) is 6.36. The number of halogens is 1. The number of ether oxygens (including phenoxy) is 1. The van der Waals surface area contributed by atoms with E-state index in [1.54, 1.807) is 0 Å². The molecular formula is C14H18FNO2. The van der Waals surface area contributed by atoms with Crippen LogP contribution in [0.2, 0.25) is 0 Å². The molecule has 0 radical (unpaired) electrons. The van der Waals surface area contributed by atoms with Crippen molar-refractivity contribution in [2.24, 2.45) is 11.8 Å². The Bertz CT molecular complexity index is 426. The van der Waals surface area contributed by atoms with Crippen LogP contribution >= 0.6 is 0 Å². The lowest BCUT2D eigenvalue weighted by Crippen LogP contribution is -2.28. The molecule has 0 bridgehead atoms. The van der Waals surface area contributed by atoms with Crippen LogP contribution in [0.1, 0.15) is 43.5 Å². The van der Waals surface area contributed by atoms with Crippen molar-refractivity contribution in [3.05, 3.63) is 29.8 Å². The van der Waals surface area contributed by atoms with Gasteiger partial charge in [0.2, 0.25) is 0 Å². The largest absolute Gasteiger partial charge is 0.459 e. The molecule has 3 nitrogen and oxygen atoms in total. The minimum Gasteiger partial charge on any atom is -0.459 e. The molecule has 1 aromatic rings. The summed E-state index contributed by atoms with van der Waals surface area (Å²) in [4.78, 5) is 15.5. The van der Waals surface area contributed by atoms with Crippen molar-refractivity contribution in [3.63, 3.8) is 0 Å². The van der Waals surface area contributed by atoms with E-state index in [1.807, 2.05) is 0 Å². The number of nitrogens with zero attached hydrogens (tertiary/aromatic N) is 1. The van der Waals surface area contributed by atoms with Crippen LogP contribution in [0, 0.1) is 17.7 Å². The van der Waals surface area contributed by atoms with Gasteiger partial charge in [-0.15, -0.1) is 0 Å². The number of carbonyl (C=O) groups excluding carboxylic acids is 1. The van der Waals surface area contributed by atoms with Gasteiger partial charge in [0.15, 0.2) is 5.82 Å². The van der Waals surface area contributed by atoms with Gasteiger partial charge in [-0.2, -0.15) is 0 Å². The van der Waals surface area contributed by atoms with Crippen LogP contribution in [0.15, 0.2) is 18.5 Å². The highest BCUT2D eigenvalue weighted by Gasteiger charge is 2.27. The van der Waals surface area contributed by atoms with E-state index in [0.29, 0.717) is 11.8 Å². The van der Waals surface area contributed by atoms with Gasteiger partial charge in [0.1, 0.15) is 6.10 Å². The highest BCUT2D eigenvalue weighted by atomic mass is 19.1.